The topological polar surface area (TPSA) is 70.2 Å². The van der Waals surface area contributed by atoms with Crippen LogP contribution in [0.5, 0.6) is 0 Å². The number of nitrogens with one attached hydrogen (secondary N) is 3. The molecule has 2 amide bonds. The van der Waals surface area contributed by atoms with Crippen molar-refractivity contribution >= 4 is 17.5 Å². The van der Waals surface area contributed by atoms with Crippen molar-refractivity contribution in [3.63, 3.8) is 0 Å². The third-order valence-electron chi connectivity index (χ3n) is 2.07. The molecule has 1 rings (SSSR count). The number of hydrazine groups is 1. The third-order valence-corrected chi connectivity index (χ3v) is 2.07. The summed E-state index contributed by atoms with van der Waals surface area (Å²) >= 11 is 0. The monoisotopic (exact) mass is 235 g/mol. The van der Waals surface area contributed by atoms with Crippen molar-refractivity contribution in [2.75, 3.05) is 12.0 Å². The summed E-state index contributed by atoms with van der Waals surface area (Å²) in [6.07, 6.45) is 0.377. The minimum atomic E-state index is -0.208. The highest BCUT2D eigenvalue weighted by atomic mass is 16.2. The van der Waals surface area contributed by atoms with E-state index in [1.54, 1.807) is 0 Å². The van der Waals surface area contributed by atoms with E-state index in [1.165, 1.54) is 0 Å². The van der Waals surface area contributed by atoms with Crippen molar-refractivity contribution in [1.82, 2.24) is 10.7 Å². The molecule has 0 unspecified atom stereocenters. The Morgan fingerprint density at radius 3 is 2.35 bits per heavy atom. The molecule has 0 aliphatic carbocycles. The third kappa shape index (κ3) is 5.55. The van der Waals surface area contributed by atoms with Crippen LogP contribution in [0.15, 0.2) is 30.3 Å². The van der Waals surface area contributed by atoms with Gasteiger partial charge in [-0.25, -0.2) is 0 Å². The number of carbonyl (C=O) groups excluding carboxylic acids is 2. The number of hydrogen-bond acceptors (Lipinski definition) is 3. The normalized spacial score (nSPS) is 9.47. The minimum absolute atomic E-state index is 0.109. The number of carbonyl (C=O) groups is 2. The zero-order valence-corrected chi connectivity index (χ0v) is 9.82. The Kier molecular flexibility index (Phi) is 5.57. The highest BCUT2D eigenvalue weighted by molar-refractivity contribution is 5.84. The van der Waals surface area contributed by atoms with Crippen molar-refractivity contribution < 1.29 is 9.59 Å². The molecule has 5 nitrogen and oxygen atoms in total. The molecule has 0 aliphatic heterocycles. The first-order valence-electron chi connectivity index (χ1n) is 5.59. The summed E-state index contributed by atoms with van der Waals surface area (Å²) < 4.78 is 0. The van der Waals surface area contributed by atoms with Crippen molar-refractivity contribution in [3.05, 3.63) is 30.3 Å². The molecule has 0 atom stereocenters. The SMILES string of the molecule is CCNC(=O)CCC(=O)NNc1ccccc1. The number of benzene rings is 1. The second-order valence-electron chi connectivity index (χ2n) is 3.49. The Bertz CT molecular complexity index is 365. The number of amides is 2. The molecular formula is C12H17N3O2. The molecule has 0 fully saturated rings. The van der Waals surface area contributed by atoms with E-state index in [-0.39, 0.29) is 24.7 Å². The fourth-order valence-electron chi connectivity index (χ4n) is 1.24. The molecule has 17 heavy (non-hydrogen) atoms. The second-order valence-corrected chi connectivity index (χ2v) is 3.49. The van der Waals surface area contributed by atoms with Gasteiger partial charge in [-0.15, -0.1) is 0 Å². The van der Waals surface area contributed by atoms with Gasteiger partial charge in [0.15, 0.2) is 0 Å². The smallest absolute Gasteiger partial charge is 0.238 e. The number of anilines is 1. The Morgan fingerprint density at radius 2 is 1.71 bits per heavy atom. The lowest BCUT2D eigenvalue weighted by Gasteiger charge is -2.07. The van der Waals surface area contributed by atoms with Gasteiger partial charge in [0, 0.05) is 19.4 Å². The van der Waals surface area contributed by atoms with Gasteiger partial charge in [-0.2, -0.15) is 0 Å². The van der Waals surface area contributed by atoms with Crippen LogP contribution in [0.2, 0.25) is 0 Å². The zero-order valence-electron chi connectivity index (χ0n) is 9.82. The molecule has 0 spiro atoms. The highest BCUT2D eigenvalue weighted by Gasteiger charge is 2.05. The second kappa shape index (κ2) is 7.27. The van der Waals surface area contributed by atoms with Gasteiger partial charge >= 0.3 is 0 Å². The zero-order chi connectivity index (χ0) is 12.5. The lowest BCUT2D eigenvalue weighted by atomic mass is 10.3. The van der Waals surface area contributed by atoms with Crippen LogP contribution in [0.3, 0.4) is 0 Å². The minimum Gasteiger partial charge on any atom is -0.356 e. The Morgan fingerprint density at radius 1 is 1.06 bits per heavy atom. The maximum absolute atomic E-state index is 11.4. The van der Waals surface area contributed by atoms with E-state index in [4.69, 9.17) is 0 Å². The van der Waals surface area contributed by atoms with Gasteiger partial charge in [-0.1, -0.05) is 18.2 Å². The van der Waals surface area contributed by atoms with Crippen LogP contribution in [-0.4, -0.2) is 18.4 Å². The summed E-state index contributed by atoms with van der Waals surface area (Å²) in [5, 5.41) is 2.64. The van der Waals surface area contributed by atoms with Crippen LogP contribution in [0, 0.1) is 0 Å². The fourth-order valence-corrected chi connectivity index (χ4v) is 1.24. The lowest BCUT2D eigenvalue weighted by molar-refractivity contribution is -0.126. The molecule has 0 saturated carbocycles. The summed E-state index contributed by atoms with van der Waals surface area (Å²) in [6.45, 7) is 2.43. The molecule has 0 heterocycles. The molecule has 5 heteroatoms. The Labute approximate surface area is 101 Å². The van der Waals surface area contributed by atoms with Crippen LogP contribution in [0.4, 0.5) is 5.69 Å². The van der Waals surface area contributed by atoms with Gasteiger partial charge in [0.25, 0.3) is 0 Å². The molecule has 0 radical (unpaired) electrons. The maximum atomic E-state index is 11.4. The van der Waals surface area contributed by atoms with Gasteiger partial charge in [-0.3, -0.25) is 20.4 Å². The van der Waals surface area contributed by atoms with Crippen LogP contribution < -0.4 is 16.2 Å². The summed E-state index contributed by atoms with van der Waals surface area (Å²) in [5.74, 6) is -0.317. The molecule has 0 aliphatic rings. The predicted octanol–water partition coefficient (Wildman–Crippen LogP) is 1.05. The first-order chi connectivity index (χ1) is 8.22. The van der Waals surface area contributed by atoms with E-state index in [1.807, 2.05) is 37.3 Å². The molecule has 92 valence electrons. The van der Waals surface area contributed by atoms with Crippen molar-refractivity contribution in [3.8, 4) is 0 Å². The van der Waals surface area contributed by atoms with Crippen LogP contribution in [0.25, 0.3) is 0 Å². The van der Waals surface area contributed by atoms with E-state index < -0.39 is 0 Å². The van der Waals surface area contributed by atoms with Gasteiger partial charge in [0.05, 0.1) is 5.69 Å². The first kappa shape index (κ1) is 13.0. The Balaban J connectivity index is 2.20. The van der Waals surface area contributed by atoms with E-state index >= 15 is 0 Å². The summed E-state index contributed by atoms with van der Waals surface area (Å²) in [7, 11) is 0. The van der Waals surface area contributed by atoms with E-state index in [9.17, 15) is 9.59 Å². The summed E-state index contributed by atoms with van der Waals surface area (Å²) in [5.41, 5.74) is 6.10. The van der Waals surface area contributed by atoms with Crippen LogP contribution in [-0.2, 0) is 9.59 Å². The lowest BCUT2D eigenvalue weighted by Crippen LogP contribution is -2.31. The largest absolute Gasteiger partial charge is 0.356 e. The molecule has 1 aromatic carbocycles. The molecular weight excluding hydrogens is 218 g/mol. The molecule has 3 N–H and O–H groups in total. The van der Waals surface area contributed by atoms with Gasteiger partial charge in [-0.05, 0) is 19.1 Å². The summed E-state index contributed by atoms with van der Waals surface area (Å²) in [6, 6.07) is 9.29. The first-order valence-corrected chi connectivity index (χ1v) is 5.59. The van der Waals surface area contributed by atoms with Gasteiger partial charge < -0.3 is 5.32 Å². The maximum Gasteiger partial charge on any atom is 0.238 e. The quantitative estimate of drug-likeness (QED) is 0.645. The molecule has 1 aromatic rings. The van der Waals surface area contributed by atoms with Crippen LogP contribution >= 0.6 is 0 Å². The van der Waals surface area contributed by atoms with E-state index in [2.05, 4.69) is 16.2 Å². The number of rotatable bonds is 6. The van der Waals surface area contributed by atoms with Crippen molar-refractivity contribution in [2.45, 2.75) is 19.8 Å². The van der Waals surface area contributed by atoms with E-state index in [0.717, 1.165) is 5.69 Å². The Hall–Kier alpha value is -2.04. The standard InChI is InChI=1S/C12H17N3O2/c1-2-13-11(16)8-9-12(17)15-14-10-6-4-3-5-7-10/h3-7,14H,2,8-9H2,1H3,(H,13,16)(H,15,17). The number of para-hydroxylation sites is 1. The molecule has 0 aromatic heterocycles. The predicted molar refractivity (Wildman–Crippen MR) is 66.1 cm³/mol. The van der Waals surface area contributed by atoms with Crippen molar-refractivity contribution in [1.29, 1.82) is 0 Å². The molecule has 0 saturated heterocycles. The highest BCUT2D eigenvalue weighted by Crippen LogP contribution is 2.02. The number of hydrogen-bond donors (Lipinski definition) is 3. The molecule has 0 bridgehead atoms. The average molecular weight is 235 g/mol. The van der Waals surface area contributed by atoms with Crippen LogP contribution in [0.1, 0.15) is 19.8 Å². The average Bonchev–Trinajstić information content (AvgIpc) is 2.35. The fraction of sp³-hybridized carbons (Fsp3) is 0.333. The van der Waals surface area contributed by atoms with Gasteiger partial charge in [0.2, 0.25) is 11.8 Å². The van der Waals surface area contributed by atoms with Gasteiger partial charge in [0.1, 0.15) is 0 Å². The van der Waals surface area contributed by atoms with Crippen molar-refractivity contribution in [2.24, 2.45) is 0 Å². The van der Waals surface area contributed by atoms with E-state index in [0.29, 0.717) is 6.54 Å². The summed E-state index contributed by atoms with van der Waals surface area (Å²) in [4.78, 5) is 22.5.